The number of carbonyl (C=O) groups excluding carboxylic acids is 2. The van der Waals surface area contributed by atoms with Crippen molar-refractivity contribution in [3.63, 3.8) is 0 Å². The van der Waals surface area contributed by atoms with Crippen molar-refractivity contribution < 1.29 is 14.7 Å². The Morgan fingerprint density at radius 3 is 2.52 bits per heavy atom. The Balaban J connectivity index is 2.10. The first kappa shape index (κ1) is 15.2. The first-order valence-corrected chi connectivity index (χ1v) is 8.95. The van der Waals surface area contributed by atoms with E-state index in [9.17, 15) is 14.7 Å². The highest BCUT2D eigenvalue weighted by Gasteiger charge is 2.76. The number of allylic oxidation sites excluding steroid dienone is 4. The average molecular weight is 314 g/mol. The van der Waals surface area contributed by atoms with E-state index in [1.54, 1.807) is 6.92 Å². The van der Waals surface area contributed by atoms with Crippen LogP contribution in [0, 0.1) is 34.5 Å². The minimum absolute atomic E-state index is 0.0595. The van der Waals surface area contributed by atoms with Gasteiger partial charge in [0, 0.05) is 5.57 Å². The van der Waals surface area contributed by atoms with E-state index in [4.69, 9.17) is 0 Å². The van der Waals surface area contributed by atoms with Gasteiger partial charge in [-0.2, -0.15) is 0 Å². The largest absolute Gasteiger partial charge is 0.504 e. The van der Waals surface area contributed by atoms with Gasteiger partial charge in [-0.15, -0.1) is 0 Å². The molecule has 0 aromatic heterocycles. The lowest BCUT2D eigenvalue weighted by Gasteiger charge is -2.62. The molecule has 0 aromatic rings. The molecule has 0 bridgehead atoms. The molecule has 6 atom stereocenters. The molecule has 4 rings (SSSR count). The Bertz CT molecular complexity index is 685. The summed E-state index contributed by atoms with van der Waals surface area (Å²) in [5.41, 5.74) is 0.194. The van der Waals surface area contributed by atoms with Gasteiger partial charge in [0.2, 0.25) is 5.78 Å². The zero-order valence-electron chi connectivity index (χ0n) is 14.5. The van der Waals surface area contributed by atoms with Crippen molar-refractivity contribution in [3.05, 3.63) is 23.0 Å². The molecule has 0 heterocycles. The summed E-state index contributed by atoms with van der Waals surface area (Å²) in [7, 11) is 0. The maximum Gasteiger partial charge on any atom is 0.205 e. The fourth-order valence-electron chi connectivity index (χ4n) is 6.92. The van der Waals surface area contributed by atoms with Crippen LogP contribution in [0.25, 0.3) is 0 Å². The molecule has 4 aliphatic rings. The zero-order chi connectivity index (χ0) is 16.7. The second kappa shape index (κ2) is 4.37. The van der Waals surface area contributed by atoms with Crippen LogP contribution in [-0.2, 0) is 9.59 Å². The van der Waals surface area contributed by atoms with E-state index in [1.165, 1.54) is 5.57 Å². The van der Waals surface area contributed by atoms with Crippen LogP contribution in [0.4, 0.5) is 0 Å². The third-order valence-corrected chi connectivity index (χ3v) is 7.71. The molecule has 0 unspecified atom stereocenters. The van der Waals surface area contributed by atoms with Gasteiger partial charge in [-0.05, 0) is 63.2 Å². The zero-order valence-corrected chi connectivity index (χ0v) is 14.5. The Hall–Kier alpha value is -1.38. The van der Waals surface area contributed by atoms with Gasteiger partial charge in [-0.3, -0.25) is 9.59 Å². The quantitative estimate of drug-likeness (QED) is 0.688. The van der Waals surface area contributed by atoms with Crippen LogP contribution in [0.15, 0.2) is 23.0 Å². The molecule has 2 saturated carbocycles. The molecular formula is C20H26O3. The van der Waals surface area contributed by atoms with Crippen LogP contribution in [-0.4, -0.2) is 16.7 Å². The lowest BCUT2D eigenvalue weighted by atomic mass is 9.38. The summed E-state index contributed by atoms with van der Waals surface area (Å²) in [4.78, 5) is 26.9. The number of carbonyl (C=O) groups is 2. The molecule has 0 radical (unpaired) electrons. The Morgan fingerprint density at radius 2 is 1.83 bits per heavy atom. The van der Waals surface area contributed by atoms with Crippen molar-refractivity contribution in [1.29, 1.82) is 0 Å². The van der Waals surface area contributed by atoms with Gasteiger partial charge in [0.25, 0.3) is 0 Å². The van der Waals surface area contributed by atoms with Crippen molar-refractivity contribution in [3.8, 4) is 0 Å². The van der Waals surface area contributed by atoms with E-state index in [0.29, 0.717) is 17.9 Å². The van der Waals surface area contributed by atoms with Crippen LogP contribution in [0.3, 0.4) is 0 Å². The van der Waals surface area contributed by atoms with Gasteiger partial charge in [0.15, 0.2) is 11.5 Å². The summed E-state index contributed by atoms with van der Waals surface area (Å²) < 4.78 is 0. The van der Waals surface area contributed by atoms with Gasteiger partial charge in [-0.1, -0.05) is 25.5 Å². The maximum absolute atomic E-state index is 13.5. The standard InChI is InChI=1S/C20H26O3/c1-10-7-14-8-11(2)15-6-5-12(3)19(9-10)18(23)16(21)13(4)17(22)20(14,15)19/h7,11-12,14-15,21H,5-6,8-9H2,1-4H3/t11-,12-,14+,15+,19+,20-/m1/s1. The number of rotatable bonds is 0. The summed E-state index contributed by atoms with van der Waals surface area (Å²) in [5.74, 6) is 0.662. The van der Waals surface area contributed by atoms with Gasteiger partial charge in [0.05, 0.1) is 10.8 Å². The van der Waals surface area contributed by atoms with E-state index in [0.717, 1.165) is 19.3 Å². The molecule has 0 aliphatic heterocycles. The van der Waals surface area contributed by atoms with Crippen molar-refractivity contribution in [2.24, 2.45) is 34.5 Å². The van der Waals surface area contributed by atoms with Gasteiger partial charge in [0.1, 0.15) is 0 Å². The molecular weight excluding hydrogens is 288 g/mol. The molecule has 0 amide bonds. The smallest absolute Gasteiger partial charge is 0.205 e. The normalized spacial score (nSPS) is 49.0. The second-order valence-corrected chi connectivity index (χ2v) is 8.57. The van der Waals surface area contributed by atoms with Crippen molar-refractivity contribution >= 4 is 11.6 Å². The first-order chi connectivity index (χ1) is 10.8. The fraction of sp³-hybridized carbons (Fsp3) is 0.700. The molecule has 3 nitrogen and oxygen atoms in total. The van der Waals surface area contributed by atoms with Crippen LogP contribution in [0.1, 0.15) is 53.4 Å². The Morgan fingerprint density at radius 1 is 1.13 bits per heavy atom. The minimum Gasteiger partial charge on any atom is -0.504 e. The third kappa shape index (κ3) is 1.39. The lowest BCUT2D eigenvalue weighted by molar-refractivity contribution is -0.174. The molecule has 23 heavy (non-hydrogen) atoms. The number of hydrogen-bond donors (Lipinski definition) is 1. The van der Waals surface area contributed by atoms with E-state index in [1.807, 2.05) is 0 Å². The first-order valence-electron chi connectivity index (χ1n) is 8.95. The molecule has 1 N–H and O–H groups in total. The fourth-order valence-corrected chi connectivity index (χ4v) is 6.92. The number of aliphatic hydroxyl groups excluding tert-OH is 1. The molecule has 4 aliphatic carbocycles. The predicted molar refractivity (Wildman–Crippen MR) is 87.7 cm³/mol. The monoisotopic (exact) mass is 314 g/mol. The van der Waals surface area contributed by atoms with E-state index >= 15 is 0 Å². The van der Waals surface area contributed by atoms with Gasteiger partial charge in [-0.25, -0.2) is 0 Å². The third-order valence-electron chi connectivity index (χ3n) is 7.71. The van der Waals surface area contributed by atoms with Crippen LogP contribution >= 0.6 is 0 Å². The molecule has 1 spiro atoms. The molecule has 2 fully saturated rings. The van der Waals surface area contributed by atoms with Crippen LogP contribution < -0.4 is 0 Å². The Labute approximate surface area is 137 Å². The highest BCUT2D eigenvalue weighted by atomic mass is 16.3. The summed E-state index contributed by atoms with van der Waals surface area (Å²) in [6, 6.07) is 0. The van der Waals surface area contributed by atoms with E-state index in [2.05, 4.69) is 26.8 Å². The lowest BCUT2D eigenvalue weighted by Crippen LogP contribution is -2.66. The van der Waals surface area contributed by atoms with Gasteiger partial charge >= 0.3 is 0 Å². The SMILES string of the molecule is CC1=C[C@H]2C[C@@H](C)[C@@H]3CC[C@@H](C)[C@@]4(C1)C(=O)C(O)=C(C)C(=O)[C@@]234. The van der Waals surface area contributed by atoms with Crippen LogP contribution in [0.2, 0.25) is 0 Å². The summed E-state index contributed by atoms with van der Waals surface area (Å²) >= 11 is 0. The summed E-state index contributed by atoms with van der Waals surface area (Å²) in [6.45, 7) is 8.09. The van der Waals surface area contributed by atoms with Crippen molar-refractivity contribution in [1.82, 2.24) is 0 Å². The molecule has 0 aromatic carbocycles. The Kier molecular flexibility index (Phi) is 2.88. The molecule has 0 saturated heterocycles. The van der Waals surface area contributed by atoms with Crippen molar-refractivity contribution in [2.45, 2.75) is 53.4 Å². The highest BCUT2D eigenvalue weighted by Crippen LogP contribution is 2.73. The predicted octanol–water partition coefficient (Wildman–Crippen LogP) is 4.00. The number of Topliss-reactive ketones (excluding diaryl/α,β-unsaturated/α-hetero) is 2. The number of hydrogen-bond acceptors (Lipinski definition) is 3. The number of aliphatic hydroxyl groups is 1. The summed E-state index contributed by atoms with van der Waals surface area (Å²) in [5, 5.41) is 10.4. The van der Waals surface area contributed by atoms with E-state index in [-0.39, 0.29) is 35.1 Å². The minimum atomic E-state index is -0.717. The van der Waals surface area contributed by atoms with Crippen molar-refractivity contribution in [2.75, 3.05) is 0 Å². The van der Waals surface area contributed by atoms with Crippen LogP contribution in [0.5, 0.6) is 0 Å². The summed E-state index contributed by atoms with van der Waals surface area (Å²) in [6.07, 6.45) is 5.90. The molecule has 3 heteroatoms. The second-order valence-electron chi connectivity index (χ2n) is 8.57. The average Bonchev–Trinajstić information content (AvgIpc) is 2.79. The highest BCUT2D eigenvalue weighted by molar-refractivity contribution is 6.17. The van der Waals surface area contributed by atoms with Gasteiger partial charge < -0.3 is 5.11 Å². The number of ketones is 2. The van der Waals surface area contributed by atoms with E-state index < -0.39 is 10.8 Å². The topological polar surface area (TPSA) is 54.4 Å². The maximum atomic E-state index is 13.5. The molecule has 124 valence electrons.